The van der Waals surface area contributed by atoms with Crippen LogP contribution in [-0.2, 0) is 0 Å². The molecule has 0 aliphatic heterocycles. The second-order valence-electron chi connectivity index (χ2n) is 17.2. The van der Waals surface area contributed by atoms with Crippen LogP contribution >= 0.6 is 11.3 Å². The lowest BCUT2D eigenvalue weighted by atomic mass is 9.99. The number of fused-ring (bicyclic) bond motifs is 6. The van der Waals surface area contributed by atoms with E-state index in [0.29, 0.717) is 17.5 Å². The van der Waals surface area contributed by atoms with Gasteiger partial charge in [0.05, 0.1) is 16.7 Å². The van der Waals surface area contributed by atoms with Gasteiger partial charge in [-0.05, 0) is 93.5 Å². The van der Waals surface area contributed by atoms with Gasteiger partial charge in [0.1, 0.15) is 0 Å². The molecule has 0 unspecified atom stereocenters. The Balaban J connectivity index is 1.01. The molecule has 4 nitrogen and oxygen atoms in total. The van der Waals surface area contributed by atoms with E-state index in [9.17, 15) is 0 Å². The Kier molecular flexibility index (Phi) is 9.66. The Labute approximate surface area is 397 Å². The highest BCUT2D eigenvalue weighted by Crippen LogP contribution is 2.42. The zero-order valence-electron chi connectivity index (χ0n) is 36.8. The highest BCUT2D eigenvalue weighted by molar-refractivity contribution is 7.25. The minimum absolute atomic E-state index is 0.611. The molecule has 13 rings (SSSR count). The molecule has 0 N–H and O–H groups in total. The van der Waals surface area contributed by atoms with E-state index < -0.39 is 0 Å². The monoisotopic (exact) mass is 884 g/mol. The van der Waals surface area contributed by atoms with Crippen molar-refractivity contribution in [1.82, 2.24) is 19.5 Å². The number of aromatic nitrogens is 4. The number of rotatable bonds is 8. The normalized spacial score (nSPS) is 11.5. The van der Waals surface area contributed by atoms with Crippen molar-refractivity contribution in [2.75, 3.05) is 0 Å². The van der Waals surface area contributed by atoms with E-state index in [2.05, 4.69) is 241 Å². The molecule has 3 aromatic heterocycles. The van der Waals surface area contributed by atoms with Crippen molar-refractivity contribution in [3.8, 4) is 84.4 Å². The van der Waals surface area contributed by atoms with Gasteiger partial charge in [0, 0.05) is 53.2 Å². The maximum absolute atomic E-state index is 5.30. The molecular formula is C63H40N4S. The first-order valence-electron chi connectivity index (χ1n) is 22.9. The third kappa shape index (κ3) is 7.05. The highest BCUT2D eigenvalue weighted by Gasteiger charge is 2.20. The van der Waals surface area contributed by atoms with Gasteiger partial charge in [0.25, 0.3) is 0 Å². The average molecular weight is 885 g/mol. The Hall–Kier alpha value is -8.77. The summed E-state index contributed by atoms with van der Waals surface area (Å²) in [5.41, 5.74) is 15.3. The van der Waals surface area contributed by atoms with Gasteiger partial charge in [-0.1, -0.05) is 188 Å². The van der Waals surface area contributed by atoms with Gasteiger partial charge in [0.15, 0.2) is 17.5 Å². The first-order chi connectivity index (χ1) is 33.7. The molecule has 10 aromatic carbocycles. The SMILES string of the molecule is c1ccc(-c2ccc(-c3nc(-c4ccc(-n5c6ccc(-c7ccccc7)cc6c6cc(-c7ccccc7)ccc65)c(-c5ccccc5)c4)nc(-c4ccc5c(c4)sc4ccccc45)n3)cc2)cc1. The standard InChI is InChI=1S/C63H40N4S/c1-5-15-41(16-6-1)44-25-27-46(28-26-44)61-64-62(66-63(65-61)50-29-33-52-51-23-13-14-24-59(51)68-60(52)40-50)49-32-36-56(53(39-49)45-21-11-4-12-22-45)67-57-34-30-47(42-17-7-2-8-18-42)37-54(57)55-38-48(31-35-58(55)67)43-19-9-3-10-20-43/h1-40H. The summed E-state index contributed by atoms with van der Waals surface area (Å²) in [4.78, 5) is 15.8. The van der Waals surface area contributed by atoms with Crippen molar-refractivity contribution < 1.29 is 0 Å². The molecular weight excluding hydrogens is 845 g/mol. The van der Waals surface area contributed by atoms with Crippen molar-refractivity contribution in [3.05, 3.63) is 243 Å². The molecule has 0 spiro atoms. The summed E-state index contributed by atoms with van der Waals surface area (Å²) in [5.74, 6) is 1.87. The van der Waals surface area contributed by atoms with E-state index in [1.165, 1.54) is 53.2 Å². The van der Waals surface area contributed by atoms with Gasteiger partial charge in [-0.25, -0.2) is 15.0 Å². The van der Waals surface area contributed by atoms with Crippen molar-refractivity contribution in [2.24, 2.45) is 0 Å². The van der Waals surface area contributed by atoms with Crippen LogP contribution in [0.3, 0.4) is 0 Å². The van der Waals surface area contributed by atoms with E-state index >= 15 is 0 Å². The maximum Gasteiger partial charge on any atom is 0.164 e. The summed E-state index contributed by atoms with van der Waals surface area (Å²) >= 11 is 1.80. The number of nitrogens with zero attached hydrogens (tertiary/aromatic N) is 4. The Bertz CT molecular complexity index is 3890. The molecule has 0 radical (unpaired) electrons. The summed E-state index contributed by atoms with van der Waals surface area (Å²) < 4.78 is 4.90. The molecule has 0 atom stereocenters. The van der Waals surface area contributed by atoms with Crippen LogP contribution in [0.1, 0.15) is 0 Å². The smallest absolute Gasteiger partial charge is 0.164 e. The van der Waals surface area contributed by atoms with Crippen molar-refractivity contribution in [1.29, 1.82) is 0 Å². The second-order valence-corrected chi connectivity index (χ2v) is 18.3. The quantitative estimate of drug-likeness (QED) is 0.153. The molecule has 5 heteroatoms. The molecule has 0 bridgehead atoms. The molecule has 13 aromatic rings. The fourth-order valence-electron chi connectivity index (χ4n) is 9.69. The third-order valence-electron chi connectivity index (χ3n) is 13.1. The molecule has 3 heterocycles. The van der Waals surface area contributed by atoms with Gasteiger partial charge in [0.2, 0.25) is 0 Å². The lowest BCUT2D eigenvalue weighted by molar-refractivity contribution is 1.07. The fraction of sp³-hybridized carbons (Fsp3) is 0. The largest absolute Gasteiger partial charge is 0.309 e. The molecule has 0 amide bonds. The first kappa shape index (κ1) is 39.6. The first-order valence-corrected chi connectivity index (χ1v) is 23.7. The molecule has 318 valence electrons. The van der Waals surface area contributed by atoms with Crippen LogP contribution in [0.4, 0.5) is 0 Å². The van der Waals surface area contributed by atoms with Gasteiger partial charge in [-0.3, -0.25) is 0 Å². The Morgan fingerprint density at radius 3 is 1.26 bits per heavy atom. The minimum Gasteiger partial charge on any atom is -0.309 e. The molecule has 0 saturated heterocycles. The Morgan fingerprint density at radius 1 is 0.265 bits per heavy atom. The summed E-state index contributed by atoms with van der Waals surface area (Å²) in [6.45, 7) is 0. The average Bonchev–Trinajstić information content (AvgIpc) is 3.96. The third-order valence-corrected chi connectivity index (χ3v) is 14.2. The molecule has 68 heavy (non-hydrogen) atoms. The number of hydrogen-bond acceptors (Lipinski definition) is 4. The molecule has 0 aliphatic rings. The summed E-state index contributed by atoms with van der Waals surface area (Å²) in [6, 6.07) is 86.6. The van der Waals surface area contributed by atoms with Crippen LogP contribution in [0.15, 0.2) is 243 Å². The topological polar surface area (TPSA) is 43.6 Å². The van der Waals surface area contributed by atoms with Gasteiger partial charge < -0.3 is 4.57 Å². The van der Waals surface area contributed by atoms with Crippen LogP contribution in [0.25, 0.3) is 126 Å². The van der Waals surface area contributed by atoms with Crippen LogP contribution < -0.4 is 0 Å². The molecule has 0 fully saturated rings. The van der Waals surface area contributed by atoms with Crippen LogP contribution in [-0.4, -0.2) is 19.5 Å². The Morgan fingerprint density at radius 2 is 0.676 bits per heavy atom. The minimum atomic E-state index is 0.611. The van der Waals surface area contributed by atoms with E-state index in [1.54, 1.807) is 11.3 Å². The van der Waals surface area contributed by atoms with Crippen LogP contribution in [0, 0.1) is 0 Å². The molecule has 0 aliphatic carbocycles. The second kappa shape index (κ2) is 16.6. The lowest BCUT2D eigenvalue weighted by Gasteiger charge is -2.16. The lowest BCUT2D eigenvalue weighted by Crippen LogP contribution is -2.02. The summed E-state index contributed by atoms with van der Waals surface area (Å²) in [5, 5.41) is 4.89. The predicted octanol–water partition coefficient (Wildman–Crippen LogP) is 17.0. The number of benzene rings is 10. The number of thiophene rings is 1. The zero-order valence-corrected chi connectivity index (χ0v) is 37.6. The van der Waals surface area contributed by atoms with Crippen LogP contribution in [0.5, 0.6) is 0 Å². The van der Waals surface area contributed by atoms with Crippen molar-refractivity contribution >= 4 is 53.3 Å². The van der Waals surface area contributed by atoms with Gasteiger partial charge >= 0.3 is 0 Å². The van der Waals surface area contributed by atoms with E-state index in [-0.39, 0.29) is 0 Å². The highest BCUT2D eigenvalue weighted by atomic mass is 32.1. The van der Waals surface area contributed by atoms with Crippen molar-refractivity contribution in [2.45, 2.75) is 0 Å². The zero-order chi connectivity index (χ0) is 45.0. The van der Waals surface area contributed by atoms with Gasteiger partial charge in [-0.15, -0.1) is 11.3 Å². The summed E-state index contributed by atoms with van der Waals surface area (Å²) in [6.07, 6.45) is 0. The van der Waals surface area contributed by atoms with Crippen molar-refractivity contribution in [3.63, 3.8) is 0 Å². The van der Waals surface area contributed by atoms with Crippen LogP contribution in [0.2, 0.25) is 0 Å². The van der Waals surface area contributed by atoms with E-state index in [0.717, 1.165) is 55.7 Å². The summed E-state index contributed by atoms with van der Waals surface area (Å²) in [7, 11) is 0. The van der Waals surface area contributed by atoms with Gasteiger partial charge in [-0.2, -0.15) is 0 Å². The van der Waals surface area contributed by atoms with E-state index in [4.69, 9.17) is 15.0 Å². The predicted molar refractivity (Wildman–Crippen MR) is 285 cm³/mol. The maximum atomic E-state index is 5.30. The van der Waals surface area contributed by atoms with E-state index in [1.807, 2.05) is 6.07 Å². The number of hydrogen-bond donors (Lipinski definition) is 0. The fourth-order valence-corrected chi connectivity index (χ4v) is 10.8. The molecule has 0 saturated carbocycles.